The Morgan fingerprint density at radius 2 is 1.74 bits per heavy atom. The van der Waals surface area contributed by atoms with Crippen molar-refractivity contribution in [2.75, 3.05) is 0 Å². The van der Waals surface area contributed by atoms with Crippen LogP contribution >= 0.6 is 11.6 Å². The second kappa shape index (κ2) is 3.73. The van der Waals surface area contributed by atoms with Crippen molar-refractivity contribution < 1.29 is 4.79 Å². The third kappa shape index (κ3) is 1.40. The Hall–Kier alpha value is -1.08. The van der Waals surface area contributed by atoms with Crippen molar-refractivity contribution in [2.45, 2.75) is 38.5 Å². The quantitative estimate of drug-likeness (QED) is 0.546. The van der Waals surface area contributed by atoms with E-state index in [2.05, 4.69) is 20.8 Å². The Bertz CT molecular complexity index is 572. The Kier molecular flexibility index (Phi) is 2.54. The Morgan fingerprint density at radius 3 is 2.26 bits per heavy atom. The molecule has 100 valence electrons. The van der Waals surface area contributed by atoms with Crippen molar-refractivity contribution in [3.8, 4) is 0 Å². The van der Waals surface area contributed by atoms with Gasteiger partial charge in [0, 0.05) is 16.4 Å². The Labute approximate surface area is 119 Å². The van der Waals surface area contributed by atoms with E-state index in [4.69, 9.17) is 11.6 Å². The van der Waals surface area contributed by atoms with Crippen LogP contribution in [0.1, 0.15) is 39.2 Å². The molecule has 0 amide bonds. The summed E-state index contributed by atoms with van der Waals surface area (Å²) >= 11 is 6.90. The lowest BCUT2D eigenvalue weighted by Gasteiger charge is -2.35. The third-order valence-corrected chi connectivity index (χ3v) is 6.49. The molecule has 2 unspecified atom stereocenters. The average molecular weight is 275 g/mol. The standard InChI is InChI=1S/C17H19ClO/c1-15(2)16(3)9-10-17(15,18)13(14(16)19)11-12-7-5-4-6-8-12/h4-8,11H,9-10H2,1-3H3. The first-order valence-corrected chi connectivity index (χ1v) is 7.22. The smallest absolute Gasteiger partial charge is 0.167 e. The van der Waals surface area contributed by atoms with Crippen LogP contribution in [0.4, 0.5) is 0 Å². The molecule has 0 aliphatic heterocycles. The molecule has 2 aliphatic rings. The molecule has 0 heterocycles. The normalized spacial score (nSPS) is 38.1. The number of rotatable bonds is 1. The van der Waals surface area contributed by atoms with E-state index in [0.717, 1.165) is 24.0 Å². The zero-order chi connectivity index (χ0) is 13.9. The summed E-state index contributed by atoms with van der Waals surface area (Å²) in [5.41, 5.74) is 1.37. The van der Waals surface area contributed by atoms with Gasteiger partial charge in [0.1, 0.15) is 0 Å². The molecule has 2 bridgehead atoms. The van der Waals surface area contributed by atoms with Gasteiger partial charge < -0.3 is 0 Å². The van der Waals surface area contributed by atoms with Gasteiger partial charge >= 0.3 is 0 Å². The maximum absolute atomic E-state index is 12.8. The van der Waals surface area contributed by atoms with Gasteiger partial charge in [0.25, 0.3) is 0 Å². The number of carbonyl (C=O) groups is 1. The van der Waals surface area contributed by atoms with E-state index in [1.54, 1.807) is 0 Å². The summed E-state index contributed by atoms with van der Waals surface area (Å²) in [6, 6.07) is 9.98. The zero-order valence-electron chi connectivity index (χ0n) is 11.7. The van der Waals surface area contributed by atoms with E-state index in [9.17, 15) is 4.79 Å². The van der Waals surface area contributed by atoms with E-state index in [0.29, 0.717) is 0 Å². The summed E-state index contributed by atoms with van der Waals surface area (Å²) in [6.45, 7) is 6.35. The molecule has 1 aromatic carbocycles. The topological polar surface area (TPSA) is 17.1 Å². The number of fused-ring (bicyclic) bond motifs is 2. The van der Waals surface area contributed by atoms with E-state index in [1.807, 2.05) is 36.4 Å². The van der Waals surface area contributed by atoms with Crippen LogP contribution in [0.3, 0.4) is 0 Å². The highest BCUT2D eigenvalue weighted by atomic mass is 35.5. The monoisotopic (exact) mass is 274 g/mol. The second-order valence-electron chi connectivity index (χ2n) is 6.56. The number of ketones is 1. The molecular formula is C17H19ClO. The maximum atomic E-state index is 12.8. The molecule has 2 aliphatic carbocycles. The fraction of sp³-hybridized carbons (Fsp3) is 0.471. The van der Waals surface area contributed by atoms with Crippen molar-refractivity contribution in [3.63, 3.8) is 0 Å². The third-order valence-electron chi connectivity index (χ3n) is 5.62. The van der Waals surface area contributed by atoms with Crippen LogP contribution < -0.4 is 0 Å². The highest BCUT2D eigenvalue weighted by molar-refractivity contribution is 6.34. The summed E-state index contributed by atoms with van der Waals surface area (Å²) in [5, 5.41) is 0. The number of hydrogen-bond donors (Lipinski definition) is 0. The number of benzene rings is 1. The average Bonchev–Trinajstić information content (AvgIpc) is 2.63. The molecule has 2 saturated carbocycles. The molecule has 1 aromatic rings. The van der Waals surface area contributed by atoms with Crippen LogP contribution in [0.15, 0.2) is 35.9 Å². The van der Waals surface area contributed by atoms with Gasteiger partial charge in [0.15, 0.2) is 5.78 Å². The van der Waals surface area contributed by atoms with Crippen molar-refractivity contribution in [2.24, 2.45) is 10.8 Å². The second-order valence-corrected chi connectivity index (χ2v) is 7.20. The largest absolute Gasteiger partial charge is 0.294 e. The predicted molar refractivity (Wildman–Crippen MR) is 79.1 cm³/mol. The molecule has 0 spiro atoms. The molecule has 0 radical (unpaired) electrons. The van der Waals surface area contributed by atoms with Gasteiger partial charge in [0.05, 0.1) is 4.87 Å². The lowest BCUT2D eigenvalue weighted by molar-refractivity contribution is -0.125. The SMILES string of the molecule is CC12CCC(Cl)(C(=Cc3ccccc3)C1=O)C2(C)C. The number of alkyl halides is 1. The van der Waals surface area contributed by atoms with E-state index in [-0.39, 0.29) is 16.6 Å². The van der Waals surface area contributed by atoms with Crippen LogP contribution in [0, 0.1) is 10.8 Å². The van der Waals surface area contributed by atoms with E-state index in [1.165, 1.54) is 0 Å². The van der Waals surface area contributed by atoms with Crippen molar-refractivity contribution in [3.05, 3.63) is 41.5 Å². The van der Waals surface area contributed by atoms with E-state index >= 15 is 0 Å². The maximum Gasteiger partial charge on any atom is 0.167 e. The minimum atomic E-state index is -0.505. The molecule has 3 rings (SSSR count). The minimum Gasteiger partial charge on any atom is -0.294 e. The molecule has 0 N–H and O–H groups in total. The van der Waals surface area contributed by atoms with Crippen LogP contribution in [0.2, 0.25) is 0 Å². The molecular weight excluding hydrogens is 256 g/mol. The van der Waals surface area contributed by atoms with Gasteiger partial charge in [-0.2, -0.15) is 0 Å². The van der Waals surface area contributed by atoms with Gasteiger partial charge in [-0.1, -0.05) is 51.1 Å². The first-order chi connectivity index (χ1) is 8.83. The molecule has 1 nitrogen and oxygen atoms in total. The van der Waals surface area contributed by atoms with Crippen LogP contribution in [0.25, 0.3) is 6.08 Å². The van der Waals surface area contributed by atoms with Crippen LogP contribution in [-0.4, -0.2) is 10.7 Å². The molecule has 2 fully saturated rings. The molecule has 0 aromatic heterocycles. The highest BCUT2D eigenvalue weighted by Gasteiger charge is 2.71. The first kappa shape index (κ1) is 12.9. The summed E-state index contributed by atoms with van der Waals surface area (Å²) in [4.78, 5) is 12.3. The predicted octanol–water partition coefficient (Wildman–Crippen LogP) is 4.46. The summed E-state index contributed by atoms with van der Waals surface area (Å²) in [7, 11) is 0. The fourth-order valence-corrected chi connectivity index (χ4v) is 4.17. The Morgan fingerprint density at radius 1 is 1.11 bits per heavy atom. The van der Waals surface area contributed by atoms with Gasteiger partial charge in [-0.25, -0.2) is 0 Å². The molecule has 19 heavy (non-hydrogen) atoms. The van der Waals surface area contributed by atoms with Crippen LogP contribution in [0.5, 0.6) is 0 Å². The van der Waals surface area contributed by atoms with E-state index < -0.39 is 4.87 Å². The van der Waals surface area contributed by atoms with Crippen LogP contribution in [-0.2, 0) is 4.79 Å². The van der Waals surface area contributed by atoms with Gasteiger partial charge in [-0.15, -0.1) is 11.6 Å². The minimum absolute atomic E-state index is 0.181. The number of hydrogen-bond acceptors (Lipinski definition) is 1. The molecule has 2 atom stereocenters. The summed E-state index contributed by atoms with van der Waals surface area (Å²) in [6.07, 6.45) is 3.78. The lowest BCUT2D eigenvalue weighted by Crippen LogP contribution is -2.36. The van der Waals surface area contributed by atoms with Gasteiger partial charge in [0.2, 0.25) is 0 Å². The number of Topliss-reactive ketones (excluding diaryl/α,β-unsaturated/α-hetero) is 1. The number of halogens is 1. The van der Waals surface area contributed by atoms with Gasteiger partial charge in [-0.3, -0.25) is 4.79 Å². The van der Waals surface area contributed by atoms with Crippen molar-refractivity contribution >= 4 is 23.5 Å². The lowest BCUT2D eigenvalue weighted by atomic mass is 9.70. The fourth-order valence-electron chi connectivity index (χ4n) is 3.73. The van der Waals surface area contributed by atoms with Crippen molar-refractivity contribution in [1.82, 2.24) is 0 Å². The molecule has 2 heteroatoms. The zero-order valence-corrected chi connectivity index (χ0v) is 12.4. The highest BCUT2D eigenvalue weighted by Crippen LogP contribution is 2.70. The summed E-state index contributed by atoms with van der Waals surface area (Å²) < 4.78 is 0. The summed E-state index contributed by atoms with van der Waals surface area (Å²) in [5.74, 6) is 0.239. The number of carbonyl (C=O) groups excluding carboxylic acids is 1. The Balaban J connectivity index is 2.15. The first-order valence-electron chi connectivity index (χ1n) is 6.84. The van der Waals surface area contributed by atoms with Crippen molar-refractivity contribution in [1.29, 1.82) is 0 Å². The molecule has 0 saturated heterocycles. The number of allylic oxidation sites excluding steroid dienone is 1. The van der Waals surface area contributed by atoms with Gasteiger partial charge in [-0.05, 0) is 24.5 Å².